The minimum atomic E-state index is -0.686. The molecular weight excluding hydrogens is 310 g/mol. The first-order chi connectivity index (χ1) is 10.5. The fourth-order valence-corrected chi connectivity index (χ4v) is 2.04. The Kier molecular flexibility index (Phi) is 4.79. The van der Waals surface area contributed by atoms with Gasteiger partial charge in [-0.3, -0.25) is 14.9 Å². The van der Waals surface area contributed by atoms with E-state index < -0.39 is 17.8 Å². The van der Waals surface area contributed by atoms with E-state index in [0.29, 0.717) is 0 Å². The van der Waals surface area contributed by atoms with E-state index in [-0.39, 0.29) is 22.3 Å². The largest absolute Gasteiger partial charge is 0.463 e. The zero-order valence-corrected chi connectivity index (χ0v) is 12.5. The average Bonchev–Trinajstić information content (AvgIpc) is 2.94. The van der Waals surface area contributed by atoms with E-state index in [4.69, 9.17) is 4.74 Å². The van der Waals surface area contributed by atoms with Gasteiger partial charge in [-0.15, -0.1) is 0 Å². The highest BCUT2D eigenvalue weighted by molar-refractivity contribution is 7.10. The first-order valence-electron chi connectivity index (χ1n) is 6.01. The number of aromatic nitrogens is 2. The molecule has 0 radical (unpaired) electrons. The molecule has 9 heteroatoms. The van der Waals surface area contributed by atoms with E-state index >= 15 is 0 Å². The first kappa shape index (κ1) is 15.6. The summed E-state index contributed by atoms with van der Waals surface area (Å²) < 4.78 is 13.1. The van der Waals surface area contributed by atoms with E-state index in [9.17, 15) is 14.4 Å². The zero-order valence-electron chi connectivity index (χ0n) is 11.7. The number of carbonyl (C=O) groups excluding carboxylic acids is 3. The maximum atomic E-state index is 12.1. The summed E-state index contributed by atoms with van der Waals surface area (Å²) >= 11 is 0.852. The lowest BCUT2D eigenvalue weighted by Gasteiger charge is -2.04. The van der Waals surface area contributed by atoms with Gasteiger partial charge in [0.15, 0.2) is 0 Å². The second kappa shape index (κ2) is 6.76. The molecule has 0 spiro atoms. The Hall–Kier alpha value is -2.81. The lowest BCUT2D eigenvalue weighted by atomic mass is 10.2. The van der Waals surface area contributed by atoms with Gasteiger partial charge < -0.3 is 9.47 Å². The van der Waals surface area contributed by atoms with Crippen LogP contribution in [0, 0.1) is 0 Å². The van der Waals surface area contributed by atoms with Crippen molar-refractivity contribution in [2.24, 2.45) is 0 Å². The second-order valence-corrected chi connectivity index (χ2v) is 4.74. The Balaban J connectivity index is 2.10. The fourth-order valence-electron chi connectivity index (χ4n) is 1.48. The van der Waals surface area contributed by atoms with E-state index in [1.807, 2.05) is 0 Å². The molecule has 1 aromatic heterocycles. The maximum absolute atomic E-state index is 12.1. The third-order valence-electron chi connectivity index (χ3n) is 2.37. The SMILES string of the molecule is COC(=O)c1nsc(NC(=O)c2cccc(OC(C)=O)c2)n1. The highest BCUT2D eigenvalue weighted by Crippen LogP contribution is 2.17. The Bertz CT molecular complexity index is 728. The van der Waals surface area contributed by atoms with Crippen LogP contribution in [0.1, 0.15) is 27.9 Å². The number of benzene rings is 1. The monoisotopic (exact) mass is 321 g/mol. The number of hydrogen-bond acceptors (Lipinski definition) is 8. The average molecular weight is 321 g/mol. The molecule has 0 saturated heterocycles. The summed E-state index contributed by atoms with van der Waals surface area (Å²) in [7, 11) is 1.21. The molecule has 22 heavy (non-hydrogen) atoms. The van der Waals surface area contributed by atoms with Gasteiger partial charge >= 0.3 is 11.9 Å². The van der Waals surface area contributed by atoms with Gasteiger partial charge in [-0.1, -0.05) is 6.07 Å². The minimum absolute atomic E-state index is 0.128. The molecule has 1 N–H and O–H groups in total. The molecule has 8 nitrogen and oxygen atoms in total. The van der Waals surface area contributed by atoms with Crippen molar-refractivity contribution in [3.8, 4) is 5.75 Å². The van der Waals surface area contributed by atoms with Crippen molar-refractivity contribution >= 4 is 34.5 Å². The number of nitrogens with zero attached hydrogens (tertiary/aromatic N) is 2. The predicted molar refractivity (Wildman–Crippen MR) is 77.0 cm³/mol. The van der Waals surface area contributed by atoms with Crippen molar-refractivity contribution in [2.45, 2.75) is 6.92 Å². The van der Waals surface area contributed by atoms with E-state index in [1.54, 1.807) is 18.2 Å². The van der Waals surface area contributed by atoms with Crippen LogP contribution in [-0.2, 0) is 9.53 Å². The Morgan fingerprint density at radius 3 is 2.73 bits per heavy atom. The number of ether oxygens (including phenoxy) is 2. The van der Waals surface area contributed by atoms with Gasteiger partial charge in [0.05, 0.1) is 7.11 Å². The second-order valence-electron chi connectivity index (χ2n) is 3.99. The van der Waals surface area contributed by atoms with Crippen molar-refractivity contribution in [1.82, 2.24) is 9.36 Å². The molecule has 0 aliphatic carbocycles. The molecule has 0 unspecified atom stereocenters. The topological polar surface area (TPSA) is 107 Å². The van der Waals surface area contributed by atoms with Gasteiger partial charge in [-0.25, -0.2) is 4.79 Å². The fraction of sp³-hybridized carbons (Fsp3) is 0.154. The Morgan fingerprint density at radius 2 is 2.05 bits per heavy atom. The van der Waals surface area contributed by atoms with Crippen LogP contribution in [0.2, 0.25) is 0 Å². The lowest BCUT2D eigenvalue weighted by Crippen LogP contribution is -2.12. The van der Waals surface area contributed by atoms with Crippen LogP contribution in [0.15, 0.2) is 24.3 Å². The summed E-state index contributed by atoms with van der Waals surface area (Å²) in [6.07, 6.45) is 0. The molecule has 0 bridgehead atoms. The third-order valence-corrected chi connectivity index (χ3v) is 3.00. The molecule has 2 aromatic rings. The normalized spacial score (nSPS) is 9.91. The van der Waals surface area contributed by atoms with E-state index in [0.717, 1.165) is 11.5 Å². The molecule has 0 fully saturated rings. The van der Waals surface area contributed by atoms with Crippen molar-refractivity contribution < 1.29 is 23.9 Å². The minimum Gasteiger partial charge on any atom is -0.463 e. The zero-order chi connectivity index (χ0) is 16.1. The summed E-state index contributed by atoms with van der Waals surface area (Å²) in [4.78, 5) is 38.0. The quantitative estimate of drug-likeness (QED) is 0.671. The number of esters is 2. The molecule has 0 aliphatic rings. The molecule has 0 aliphatic heterocycles. The molecule has 114 valence electrons. The molecule has 1 aromatic carbocycles. The number of methoxy groups -OCH3 is 1. The lowest BCUT2D eigenvalue weighted by molar-refractivity contribution is -0.131. The number of hydrogen-bond donors (Lipinski definition) is 1. The third kappa shape index (κ3) is 3.85. The molecule has 0 atom stereocenters. The summed E-state index contributed by atoms with van der Waals surface area (Å²) in [5.41, 5.74) is 0.272. The highest BCUT2D eigenvalue weighted by atomic mass is 32.1. The number of nitrogens with one attached hydrogen (secondary N) is 1. The summed E-state index contributed by atoms with van der Waals surface area (Å²) in [5, 5.41) is 2.65. The van der Waals surface area contributed by atoms with Gasteiger partial charge in [0.2, 0.25) is 5.13 Å². The standard InChI is InChI=1S/C13H11N3O5S/c1-7(17)21-9-5-3-4-8(6-9)11(18)15-13-14-10(16-22-13)12(19)20-2/h3-6H,1-2H3,(H,14,15,16,18). The van der Waals surface area contributed by atoms with E-state index in [1.165, 1.54) is 20.1 Å². The maximum Gasteiger partial charge on any atom is 0.377 e. The van der Waals surface area contributed by atoms with Crippen molar-refractivity contribution in [3.63, 3.8) is 0 Å². The Labute approximate surface area is 129 Å². The van der Waals surface area contributed by atoms with Crippen LogP contribution < -0.4 is 10.1 Å². The van der Waals surface area contributed by atoms with Gasteiger partial charge in [0, 0.05) is 24.0 Å². The van der Waals surface area contributed by atoms with Gasteiger partial charge in [-0.2, -0.15) is 9.36 Å². The summed E-state index contributed by atoms with van der Waals surface area (Å²) in [6, 6.07) is 6.09. The van der Waals surface area contributed by atoms with Crippen LogP contribution in [0.4, 0.5) is 5.13 Å². The highest BCUT2D eigenvalue weighted by Gasteiger charge is 2.15. The summed E-state index contributed by atoms with van der Waals surface area (Å²) in [5.74, 6) is -1.51. The molecule has 1 heterocycles. The number of amides is 1. The van der Waals surface area contributed by atoms with Crippen LogP contribution in [0.25, 0.3) is 0 Å². The Morgan fingerprint density at radius 1 is 1.27 bits per heavy atom. The van der Waals surface area contributed by atoms with Crippen LogP contribution >= 0.6 is 11.5 Å². The summed E-state index contributed by atoms with van der Waals surface area (Å²) in [6.45, 7) is 1.27. The van der Waals surface area contributed by atoms with Crippen molar-refractivity contribution in [2.75, 3.05) is 12.4 Å². The number of anilines is 1. The van der Waals surface area contributed by atoms with Crippen molar-refractivity contribution in [1.29, 1.82) is 0 Å². The first-order valence-corrected chi connectivity index (χ1v) is 6.79. The molecule has 2 rings (SSSR count). The van der Waals surface area contributed by atoms with Gasteiger partial charge in [0.25, 0.3) is 11.7 Å². The van der Waals surface area contributed by atoms with E-state index in [2.05, 4.69) is 19.4 Å². The smallest absolute Gasteiger partial charge is 0.377 e. The van der Waals surface area contributed by atoms with Gasteiger partial charge in [-0.05, 0) is 18.2 Å². The predicted octanol–water partition coefficient (Wildman–Crippen LogP) is 1.50. The van der Waals surface area contributed by atoms with Crippen molar-refractivity contribution in [3.05, 3.63) is 35.7 Å². The van der Waals surface area contributed by atoms with Crippen LogP contribution in [-0.4, -0.2) is 34.3 Å². The van der Waals surface area contributed by atoms with Crippen LogP contribution in [0.5, 0.6) is 5.75 Å². The molecule has 1 amide bonds. The molecule has 0 saturated carbocycles. The molecular formula is C13H11N3O5S. The van der Waals surface area contributed by atoms with Crippen LogP contribution in [0.3, 0.4) is 0 Å². The number of rotatable bonds is 4. The number of carbonyl (C=O) groups is 3. The van der Waals surface area contributed by atoms with Gasteiger partial charge in [0.1, 0.15) is 5.75 Å².